The average Bonchev–Trinajstić information content (AvgIpc) is 2.94. The zero-order chi connectivity index (χ0) is 14.5. The zero-order valence-electron chi connectivity index (χ0n) is 12.7. The maximum absolute atomic E-state index is 5.90. The van der Waals surface area contributed by atoms with Crippen LogP contribution in [0.1, 0.15) is 42.5 Å². The van der Waals surface area contributed by atoms with Crippen molar-refractivity contribution in [3.8, 4) is 5.75 Å². The summed E-state index contributed by atoms with van der Waals surface area (Å²) in [5.74, 6) is 2.88. The number of aryl methyl sites for hydroxylation is 2. The second-order valence-corrected chi connectivity index (χ2v) is 4.88. The molecular formula is C17H23NO2. The number of hydrogen-bond donors (Lipinski definition) is 1. The number of benzene rings is 1. The van der Waals surface area contributed by atoms with Crippen LogP contribution in [0.5, 0.6) is 5.75 Å². The first-order valence-corrected chi connectivity index (χ1v) is 7.16. The van der Waals surface area contributed by atoms with E-state index in [4.69, 9.17) is 9.15 Å². The molecule has 20 heavy (non-hydrogen) atoms. The molecule has 0 radical (unpaired) electrons. The fourth-order valence-electron chi connectivity index (χ4n) is 2.34. The van der Waals surface area contributed by atoms with Gasteiger partial charge in [-0.3, -0.25) is 0 Å². The van der Waals surface area contributed by atoms with Gasteiger partial charge in [-0.05, 0) is 42.8 Å². The molecule has 0 saturated carbocycles. The summed E-state index contributed by atoms with van der Waals surface area (Å²) in [7, 11) is 1.70. The fourth-order valence-corrected chi connectivity index (χ4v) is 2.34. The van der Waals surface area contributed by atoms with E-state index in [2.05, 4.69) is 43.4 Å². The highest BCUT2D eigenvalue weighted by atomic mass is 16.5. The summed E-state index contributed by atoms with van der Waals surface area (Å²) in [6, 6.07) is 10.5. The second kappa shape index (κ2) is 6.62. The topological polar surface area (TPSA) is 34.4 Å². The molecular weight excluding hydrogens is 250 g/mol. The van der Waals surface area contributed by atoms with E-state index in [0.29, 0.717) is 0 Å². The summed E-state index contributed by atoms with van der Waals surface area (Å²) >= 11 is 0. The normalized spacial score (nSPS) is 12.4. The van der Waals surface area contributed by atoms with Crippen molar-refractivity contribution >= 4 is 0 Å². The molecule has 2 aromatic rings. The van der Waals surface area contributed by atoms with Crippen molar-refractivity contribution in [3.05, 3.63) is 53.0 Å². The van der Waals surface area contributed by atoms with Crippen LogP contribution in [-0.2, 0) is 6.42 Å². The molecule has 2 rings (SSSR count). The largest absolute Gasteiger partial charge is 0.496 e. The van der Waals surface area contributed by atoms with Gasteiger partial charge in [-0.2, -0.15) is 0 Å². The molecule has 0 amide bonds. The lowest BCUT2D eigenvalue weighted by atomic mass is 10.0. The minimum atomic E-state index is 0.0646. The molecule has 0 spiro atoms. The maximum Gasteiger partial charge on any atom is 0.125 e. The van der Waals surface area contributed by atoms with Crippen LogP contribution in [0.2, 0.25) is 0 Å². The van der Waals surface area contributed by atoms with Crippen LogP contribution in [-0.4, -0.2) is 13.7 Å². The lowest BCUT2D eigenvalue weighted by Gasteiger charge is -2.17. The summed E-state index contributed by atoms with van der Waals surface area (Å²) in [5, 5.41) is 3.47. The Hall–Kier alpha value is -1.74. The molecule has 0 aliphatic heterocycles. The first kappa shape index (κ1) is 14.7. The van der Waals surface area contributed by atoms with E-state index in [0.717, 1.165) is 41.4 Å². The van der Waals surface area contributed by atoms with Gasteiger partial charge in [-0.25, -0.2) is 0 Å². The molecule has 0 fully saturated rings. The SMILES string of the molecule is CCNC(c1ccc(C)c(OC)c1)c1ccc(CC)o1. The molecule has 108 valence electrons. The van der Waals surface area contributed by atoms with Gasteiger partial charge in [-0.15, -0.1) is 0 Å². The molecule has 1 heterocycles. The Labute approximate surface area is 121 Å². The molecule has 3 heteroatoms. The van der Waals surface area contributed by atoms with Crippen LogP contribution in [0.15, 0.2) is 34.7 Å². The Morgan fingerprint density at radius 2 is 2.00 bits per heavy atom. The Morgan fingerprint density at radius 3 is 2.60 bits per heavy atom. The molecule has 1 aromatic heterocycles. The molecule has 0 aliphatic rings. The van der Waals surface area contributed by atoms with Gasteiger partial charge in [0.2, 0.25) is 0 Å². The first-order valence-electron chi connectivity index (χ1n) is 7.16. The lowest BCUT2D eigenvalue weighted by Crippen LogP contribution is -2.21. The van der Waals surface area contributed by atoms with Crippen molar-refractivity contribution in [2.45, 2.75) is 33.2 Å². The van der Waals surface area contributed by atoms with Crippen LogP contribution >= 0.6 is 0 Å². The first-order chi connectivity index (χ1) is 9.69. The molecule has 1 N–H and O–H groups in total. The van der Waals surface area contributed by atoms with Crippen molar-refractivity contribution in [2.24, 2.45) is 0 Å². The molecule has 1 atom stereocenters. The summed E-state index contributed by atoms with van der Waals surface area (Å²) in [5.41, 5.74) is 2.30. The monoisotopic (exact) mass is 273 g/mol. The van der Waals surface area contributed by atoms with Crippen LogP contribution in [0.25, 0.3) is 0 Å². The van der Waals surface area contributed by atoms with Crippen LogP contribution in [0.4, 0.5) is 0 Å². The van der Waals surface area contributed by atoms with Gasteiger partial charge in [0.25, 0.3) is 0 Å². The standard InChI is InChI=1S/C17H23NO2/c1-5-14-9-10-15(20-14)17(18-6-2)13-8-7-12(3)16(11-13)19-4/h7-11,17-18H,5-6H2,1-4H3. The number of rotatable bonds is 6. The van der Waals surface area contributed by atoms with Crippen molar-refractivity contribution in [1.82, 2.24) is 5.32 Å². The minimum Gasteiger partial charge on any atom is -0.496 e. The van der Waals surface area contributed by atoms with E-state index < -0.39 is 0 Å². The lowest BCUT2D eigenvalue weighted by molar-refractivity contribution is 0.406. The van der Waals surface area contributed by atoms with Gasteiger partial charge in [0.05, 0.1) is 13.2 Å². The predicted molar refractivity (Wildman–Crippen MR) is 81.3 cm³/mol. The highest BCUT2D eigenvalue weighted by molar-refractivity contribution is 5.40. The van der Waals surface area contributed by atoms with E-state index in [-0.39, 0.29) is 6.04 Å². The van der Waals surface area contributed by atoms with E-state index in [1.54, 1.807) is 7.11 Å². The van der Waals surface area contributed by atoms with Crippen molar-refractivity contribution in [1.29, 1.82) is 0 Å². The number of nitrogens with one attached hydrogen (secondary N) is 1. The van der Waals surface area contributed by atoms with E-state index in [1.807, 2.05) is 13.0 Å². The van der Waals surface area contributed by atoms with Crippen molar-refractivity contribution < 1.29 is 9.15 Å². The molecule has 3 nitrogen and oxygen atoms in total. The third-order valence-electron chi connectivity index (χ3n) is 3.49. The van der Waals surface area contributed by atoms with Crippen molar-refractivity contribution in [3.63, 3.8) is 0 Å². The summed E-state index contributed by atoms with van der Waals surface area (Å²) in [6.45, 7) is 7.12. The van der Waals surface area contributed by atoms with Crippen LogP contribution < -0.4 is 10.1 Å². The number of hydrogen-bond acceptors (Lipinski definition) is 3. The maximum atomic E-state index is 5.90. The van der Waals surface area contributed by atoms with Gasteiger partial charge >= 0.3 is 0 Å². The zero-order valence-corrected chi connectivity index (χ0v) is 12.7. The summed E-state index contributed by atoms with van der Waals surface area (Å²) < 4.78 is 11.3. The van der Waals surface area contributed by atoms with Crippen molar-refractivity contribution in [2.75, 3.05) is 13.7 Å². The van der Waals surface area contributed by atoms with Gasteiger partial charge in [0, 0.05) is 6.42 Å². The number of furan rings is 1. The van der Waals surface area contributed by atoms with E-state index in [1.165, 1.54) is 0 Å². The predicted octanol–water partition coefficient (Wildman–Crippen LogP) is 3.86. The third kappa shape index (κ3) is 3.05. The Bertz CT molecular complexity index is 560. The highest BCUT2D eigenvalue weighted by Crippen LogP contribution is 2.28. The van der Waals surface area contributed by atoms with Crippen LogP contribution in [0, 0.1) is 6.92 Å². The summed E-state index contributed by atoms with van der Waals surface area (Å²) in [6.07, 6.45) is 0.913. The second-order valence-electron chi connectivity index (χ2n) is 4.88. The average molecular weight is 273 g/mol. The fraction of sp³-hybridized carbons (Fsp3) is 0.412. The summed E-state index contributed by atoms with van der Waals surface area (Å²) in [4.78, 5) is 0. The number of ether oxygens (including phenoxy) is 1. The number of methoxy groups -OCH3 is 1. The Balaban J connectivity index is 2.37. The minimum absolute atomic E-state index is 0.0646. The molecule has 1 aromatic carbocycles. The highest BCUT2D eigenvalue weighted by Gasteiger charge is 2.18. The van der Waals surface area contributed by atoms with Gasteiger partial charge in [0.1, 0.15) is 17.3 Å². The Kier molecular flexibility index (Phi) is 4.85. The quantitative estimate of drug-likeness (QED) is 0.868. The smallest absolute Gasteiger partial charge is 0.125 e. The van der Waals surface area contributed by atoms with E-state index in [9.17, 15) is 0 Å². The third-order valence-corrected chi connectivity index (χ3v) is 3.49. The molecule has 1 unspecified atom stereocenters. The molecule has 0 aliphatic carbocycles. The van der Waals surface area contributed by atoms with E-state index >= 15 is 0 Å². The van der Waals surface area contributed by atoms with Gasteiger partial charge in [-0.1, -0.05) is 26.0 Å². The molecule has 0 bridgehead atoms. The Morgan fingerprint density at radius 1 is 1.20 bits per heavy atom. The van der Waals surface area contributed by atoms with Crippen LogP contribution in [0.3, 0.4) is 0 Å². The molecule has 0 saturated heterocycles. The van der Waals surface area contributed by atoms with Gasteiger partial charge in [0.15, 0.2) is 0 Å². The van der Waals surface area contributed by atoms with Gasteiger partial charge < -0.3 is 14.5 Å².